The third kappa shape index (κ3) is 4.36. The molecule has 1 aromatic carbocycles. The van der Waals surface area contributed by atoms with E-state index in [2.05, 4.69) is 5.16 Å². The predicted molar refractivity (Wildman–Crippen MR) is 65.5 cm³/mol. The van der Waals surface area contributed by atoms with E-state index in [9.17, 15) is 8.78 Å². The van der Waals surface area contributed by atoms with Gasteiger partial charge in [-0.3, -0.25) is 0 Å². The molecule has 0 aliphatic heterocycles. The topological polar surface area (TPSA) is 77.1 Å². The van der Waals surface area contributed by atoms with E-state index in [4.69, 9.17) is 20.4 Å². The van der Waals surface area contributed by atoms with Gasteiger partial charge in [0.2, 0.25) is 0 Å². The van der Waals surface area contributed by atoms with E-state index in [1.807, 2.05) is 13.8 Å². The molecule has 0 saturated heterocycles. The van der Waals surface area contributed by atoms with E-state index >= 15 is 0 Å². The largest absolute Gasteiger partial charge is 0.485 e. The van der Waals surface area contributed by atoms with Gasteiger partial charge in [0, 0.05) is 5.56 Å². The van der Waals surface area contributed by atoms with Crippen LogP contribution in [0.25, 0.3) is 0 Å². The number of hydrogen-bond donors (Lipinski definition) is 2. The summed E-state index contributed by atoms with van der Waals surface area (Å²) < 4.78 is 37.3. The van der Waals surface area contributed by atoms with Gasteiger partial charge in [-0.25, -0.2) is 8.78 Å². The molecule has 0 radical (unpaired) electrons. The molecule has 0 spiro atoms. The molecule has 19 heavy (non-hydrogen) atoms. The summed E-state index contributed by atoms with van der Waals surface area (Å²) in [5.41, 5.74) is 5.18. The number of ether oxygens (including phenoxy) is 2. The summed E-state index contributed by atoms with van der Waals surface area (Å²) in [6.07, 6.45) is 0.0150. The van der Waals surface area contributed by atoms with Gasteiger partial charge in [0.15, 0.2) is 23.2 Å². The molecule has 0 saturated carbocycles. The fraction of sp³-hybridized carbons (Fsp3) is 0.417. The lowest BCUT2D eigenvalue weighted by atomic mass is 10.2. The van der Waals surface area contributed by atoms with Crippen molar-refractivity contribution >= 4 is 5.84 Å². The van der Waals surface area contributed by atoms with E-state index < -0.39 is 17.4 Å². The second-order valence-electron chi connectivity index (χ2n) is 4.02. The fourth-order valence-corrected chi connectivity index (χ4v) is 1.33. The van der Waals surface area contributed by atoms with Gasteiger partial charge in [-0.1, -0.05) is 5.16 Å². The van der Waals surface area contributed by atoms with Crippen LogP contribution in [0.4, 0.5) is 8.78 Å². The minimum absolute atomic E-state index is 0.0150. The number of halogens is 2. The molecule has 0 unspecified atom stereocenters. The number of nitrogens with zero attached hydrogens (tertiary/aromatic N) is 1. The van der Waals surface area contributed by atoms with E-state index in [-0.39, 0.29) is 30.7 Å². The second kappa shape index (κ2) is 6.89. The lowest BCUT2D eigenvalue weighted by Gasteiger charge is -2.11. The maximum Gasteiger partial charge on any atom is 0.190 e. The predicted octanol–water partition coefficient (Wildman–Crippen LogP) is 1.86. The first-order valence-electron chi connectivity index (χ1n) is 5.67. The molecule has 0 aliphatic carbocycles. The molecular formula is C12H16F2N2O3. The van der Waals surface area contributed by atoms with E-state index in [1.165, 1.54) is 0 Å². The van der Waals surface area contributed by atoms with Gasteiger partial charge >= 0.3 is 0 Å². The van der Waals surface area contributed by atoms with Crippen LogP contribution in [-0.2, 0) is 4.74 Å². The monoisotopic (exact) mass is 274 g/mol. The van der Waals surface area contributed by atoms with Crippen molar-refractivity contribution in [1.82, 2.24) is 0 Å². The van der Waals surface area contributed by atoms with Crippen LogP contribution < -0.4 is 10.5 Å². The molecule has 0 fully saturated rings. The van der Waals surface area contributed by atoms with Crippen molar-refractivity contribution in [1.29, 1.82) is 0 Å². The summed E-state index contributed by atoms with van der Waals surface area (Å²) in [5.74, 6) is -2.74. The summed E-state index contributed by atoms with van der Waals surface area (Å²) in [6, 6.07) is 1.85. The van der Waals surface area contributed by atoms with Crippen molar-refractivity contribution in [3.8, 4) is 5.75 Å². The Balaban J connectivity index is 2.75. The van der Waals surface area contributed by atoms with Crippen LogP contribution in [0.5, 0.6) is 5.75 Å². The molecule has 0 heterocycles. The Labute approximate surface area is 109 Å². The molecule has 5 nitrogen and oxygen atoms in total. The zero-order valence-corrected chi connectivity index (χ0v) is 10.7. The van der Waals surface area contributed by atoms with Crippen molar-refractivity contribution < 1.29 is 23.5 Å². The van der Waals surface area contributed by atoms with Crippen LogP contribution >= 0.6 is 0 Å². The van der Waals surface area contributed by atoms with Crippen LogP contribution in [0.1, 0.15) is 19.4 Å². The first-order chi connectivity index (χ1) is 8.95. The molecular weight excluding hydrogens is 258 g/mol. The normalized spacial score (nSPS) is 11.9. The van der Waals surface area contributed by atoms with Crippen molar-refractivity contribution in [2.24, 2.45) is 10.9 Å². The van der Waals surface area contributed by atoms with Crippen LogP contribution in [0.3, 0.4) is 0 Å². The van der Waals surface area contributed by atoms with Gasteiger partial charge in [-0.2, -0.15) is 0 Å². The van der Waals surface area contributed by atoms with Gasteiger partial charge < -0.3 is 20.4 Å². The minimum Gasteiger partial charge on any atom is -0.485 e. The third-order valence-corrected chi connectivity index (χ3v) is 2.18. The molecule has 0 aliphatic rings. The van der Waals surface area contributed by atoms with E-state index in [1.54, 1.807) is 0 Å². The SMILES string of the molecule is CC(C)OCCOc1c(F)cc(C(N)=NO)cc1F. The van der Waals surface area contributed by atoms with Crippen LogP contribution in [-0.4, -0.2) is 30.4 Å². The number of oxime groups is 1. The van der Waals surface area contributed by atoms with Crippen molar-refractivity contribution in [2.75, 3.05) is 13.2 Å². The Hall–Kier alpha value is -1.89. The zero-order chi connectivity index (χ0) is 14.4. The highest BCUT2D eigenvalue weighted by molar-refractivity contribution is 5.97. The third-order valence-electron chi connectivity index (χ3n) is 2.18. The zero-order valence-electron chi connectivity index (χ0n) is 10.7. The van der Waals surface area contributed by atoms with Gasteiger partial charge in [-0.05, 0) is 26.0 Å². The average Bonchev–Trinajstić information content (AvgIpc) is 2.35. The van der Waals surface area contributed by atoms with Crippen LogP contribution in [0.15, 0.2) is 17.3 Å². The highest BCUT2D eigenvalue weighted by Crippen LogP contribution is 2.23. The van der Waals surface area contributed by atoms with Gasteiger partial charge in [0.1, 0.15) is 6.61 Å². The molecule has 7 heteroatoms. The lowest BCUT2D eigenvalue weighted by molar-refractivity contribution is 0.0535. The highest BCUT2D eigenvalue weighted by Gasteiger charge is 2.14. The number of benzene rings is 1. The summed E-state index contributed by atoms with van der Waals surface area (Å²) in [7, 11) is 0. The summed E-state index contributed by atoms with van der Waals surface area (Å²) in [5, 5.41) is 11.1. The number of rotatable bonds is 6. The van der Waals surface area contributed by atoms with Crippen LogP contribution in [0.2, 0.25) is 0 Å². The smallest absolute Gasteiger partial charge is 0.190 e. The maximum absolute atomic E-state index is 13.6. The number of hydrogen-bond acceptors (Lipinski definition) is 4. The summed E-state index contributed by atoms with van der Waals surface area (Å²) in [6.45, 7) is 3.92. The van der Waals surface area contributed by atoms with Crippen molar-refractivity contribution in [2.45, 2.75) is 20.0 Å². The fourth-order valence-electron chi connectivity index (χ4n) is 1.33. The molecule has 3 N–H and O–H groups in total. The molecule has 1 aromatic rings. The maximum atomic E-state index is 13.6. The Morgan fingerprint density at radius 3 is 2.37 bits per heavy atom. The molecule has 106 valence electrons. The van der Waals surface area contributed by atoms with E-state index in [0.29, 0.717) is 0 Å². The van der Waals surface area contributed by atoms with Crippen LogP contribution in [0, 0.1) is 11.6 Å². The number of nitrogens with two attached hydrogens (primary N) is 1. The lowest BCUT2D eigenvalue weighted by Crippen LogP contribution is -2.15. The molecule has 0 atom stereocenters. The van der Waals surface area contributed by atoms with E-state index in [0.717, 1.165) is 12.1 Å². The highest BCUT2D eigenvalue weighted by atomic mass is 19.1. The Morgan fingerprint density at radius 2 is 1.89 bits per heavy atom. The van der Waals surface area contributed by atoms with Gasteiger partial charge in [-0.15, -0.1) is 0 Å². The summed E-state index contributed by atoms with van der Waals surface area (Å²) in [4.78, 5) is 0. The molecule has 1 rings (SSSR count). The Bertz CT molecular complexity index is 441. The first-order valence-corrected chi connectivity index (χ1v) is 5.67. The second-order valence-corrected chi connectivity index (χ2v) is 4.02. The minimum atomic E-state index is -0.925. The Morgan fingerprint density at radius 1 is 1.32 bits per heavy atom. The molecule has 0 aromatic heterocycles. The standard InChI is InChI=1S/C12H16F2N2O3/c1-7(2)18-3-4-19-11-9(13)5-8(6-10(11)14)12(15)16-17/h5-7,17H,3-4H2,1-2H3,(H2,15,16). The summed E-state index contributed by atoms with van der Waals surface area (Å²) >= 11 is 0. The van der Waals surface area contributed by atoms with Gasteiger partial charge in [0.25, 0.3) is 0 Å². The molecule has 0 amide bonds. The molecule has 0 bridgehead atoms. The quantitative estimate of drug-likeness (QED) is 0.273. The van der Waals surface area contributed by atoms with Gasteiger partial charge in [0.05, 0.1) is 12.7 Å². The Kier molecular flexibility index (Phi) is 5.50. The van der Waals surface area contributed by atoms with Crippen molar-refractivity contribution in [3.63, 3.8) is 0 Å². The van der Waals surface area contributed by atoms with Crippen molar-refractivity contribution in [3.05, 3.63) is 29.3 Å². The average molecular weight is 274 g/mol. The first kappa shape index (κ1) is 15.2. The number of amidine groups is 1.